The first-order valence-electron chi connectivity index (χ1n) is 10.7. The Labute approximate surface area is 181 Å². The zero-order valence-electron chi connectivity index (χ0n) is 17.8. The summed E-state index contributed by atoms with van der Waals surface area (Å²) in [6.45, 7) is 4.81. The Kier molecular flexibility index (Phi) is 6.76. The maximum Gasteiger partial charge on any atom is 0.152 e. The molecule has 7 heteroatoms. The highest BCUT2D eigenvalue weighted by Crippen LogP contribution is 2.29. The zero-order valence-corrected chi connectivity index (χ0v) is 17.8. The van der Waals surface area contributed by atoms with E-state index in [1.165, 1.54) is 5.56 Å². The number of ether oxygens (including phenoxy) is 1. The third-order valence-electron chi connectivity index (χ3n) is 5.34. The van der Waals surface area contributed by atoms with Gasteiger partial charge >= 0.3 is 0 Å². The van der Waals surface area contributed by atoms with E-state index in [1.54, 1.807) is 0 Å². The van der Waals surface area contributed by atoms with Crippen molar-refractivity contribution in [3.8, 4) is 0 Å². The molecular weight excluding hydrogens is 390 g/mol. The average Bonchev–Trinajstić information content (AvgIpc) is 3.15. The number of para-hydroxylation sites is 1. The number of nitrogen functional groups attached to an aromatic ring is 1. The number of nitrogens with zero attached hydrogens (tertiary/aromatic N) is 3. The van der Waals surface area contributed by atoms with E-state index in [4.69, 9.17) is 15.5 Å². The fourth-order valence-corrected chi connectivity index (χ4v) is 3.80. The van der Waals surface area contributed by atoms with Crippen LogP contribution in [0.5, 0.6) is 0 Å². The highest BCUT2D eigenvalue weighted by atomic mass is 16.5. The number of hydrogen-bond acceptors (Lipinski definition) is 6. The lowest BCUT2D eigenvalue weighted by atomic mass is 10.1. The normalized spacial score (nSPS) is 12.6. The average molecular weight is 420 g/mol. The molecule has 0 radical (unpaired) electrons. The fraction of sp³-hybridized carbons (Fsp3) is 0.333. The topological polar surface area (TPSA) is 98.2 Å². The first-order valence-corrected chi connectivity index (χ1v) is 10.7. The molecule has 0 aliphatic carbocycles. The zero-order chi connectivity index (χ0) is 21.6. The molecule has 2 aromatic carbocycles. The molecule has 1 atom stereocenters. The quantitative estimate of drug-likeness (QED) is 0.341. The van der Waals surface area contributed by atoms with Crippen molar-refractivity contribution < 1.29 is 9.84 Å². The van der Waals surface area contributed by atoms with Crippen molar-refractivity contribution in [2.75, 3.05) is 18.9 Å². The van der Waals surface area contributed by atoms with E-state index in [0.717, 1.165) is 28.8 Å². The molecule has 1 unspecified atom stereocenters. The van der Waals surface area contributed by atoms with Gasteiger partial charge in [0.05, 0.1) is 23.7 Å². The molecule has 0 spiro atoms. The van der Waals surface area contributed by atoms with Crippen LogP contribution in [0.4, 0.5) is 5.82 Å². The number of benzene rings is 2. The fourth-order valence-electron chi connectivity index (χ4n) is 3.80. The highest BCUT2D eigenvalue weighted by Gasteiger charge is 2.19. The van der Waals surface area contributed by atoms with Crippen molar-refractivity contribution in [2.45, 2.75) is 39.1 Å². The number of aromatic nitrogens is 3. The summed E-state index contributed by atoms with van der Waals surface area (Å²) in [6.07, 6.45) is 0.0909. The largest absolute Gasteiger partial charge is 0.391 e. The number of pyridine rings is 1. The molecule has 0 amide bonds. The molecular formula is C24H29N5O2. The van der Waals surface area contributed by atoms with Gasteiger partial charge in [0.15, 0.2) is 5.82 Å². The smallest absolute Gasteiger partial charge is 0.152 e. The summed E-state index contributed by atoms with van der Waals surface area (Å²) in [6, 6.07) is 18.1. The van der Waals surface area contributed by atoms with Gasteiger partial charge in [-0.15, -0.1) is 0 Å². The van der Waals surface area contributed by atoms with Crippen molar-refractivity contribution in [1.29, 1.82) is 0 Å². The second-order valence-electron chi connectivity index (χ2n) is 7.59. The van der Waals surface area contributed by atoms with E-state index in [1.807, 2.05) is 54.0 Å². The van der Waals surface area contributed by atoms with Crippen LogP contribution in [0.1, 0.15) is 24.7 Å². The molecule has 0 aliphatic rings. The third kappa shape index (κ3) is 4.85. The van der Waals surface area contributed by atoms with Crippen LogP contribution in [0.2, 0.25) is 0 Å². The van der Waals surface area contributed by atoms with Gasteiger partial charge in [0, 0.05) is 18.5 Å². The number of aliphatic hydroxyl groups excluding tert-OH is 1. The molecule has 0 fully saturated rings. The number of anilines is 1. The molecule has 0 saturated carbocycles. The standard InChI is InChI=1S/C24H29N5O2/c1-2-31-16-21-28-22-23(19-10-6-7-11-20(19)27-24(22)25)29(21)15-18(30)12-13-26-14-17-8-4-3-5-9-17/h3-11,18,26,30H,2,12-16H2,1H3,(H2,25,27). The molecule has 2 aromatic heterocycles. The van der Waals surface area contributed by atoms with E-state index in [-0.39, 0.29) is 0 Å². The minimum atomic E-state index is -0.533. The van der Waals surface area contributed by atoms with Crippen LogP contribution in [-0.4, -0.2) is 38.9 Å². The van der Waals surface area contributed by atoms with Crippen LogP contribution < -0.4 is 11.1 Å². The number of rotatable bonds is 10. The monoisotopic (exact) mass is 419 g/mol. The Morgan fingerprint density at radius 3 is 2.68 bits per heavy atom. The Morgan fingerprint density at radius 2 is 1.87 bits per heavy atom. The summed E-state index contributed by atoms with van der Waals surface area (Å²) >= 11 is 0. The number of nitrogens with one attached hydrogen (secondary N) is 1. The minimum Gasteiger partial charge on any atom is -0.391 e. The van der Waals surface area contributed by atoms with Crippen LogP contribution in [0, 0.1) is 0 Å². The SMILES string of the molecule is CCOCc1nc2c(N)nc3ccccc3c2n1CC(O)CCNCc1ccccc1. The van der Waals surface area contributed by atoms with Gasteiger partial charge < -0.3 is 25.5 Å². The summed E-state index contributed by atoms with van der Waals surface area (Å²) in [7, 11) is 0. The van der Waals surface area contributed by atoms with Gasteiger partial charge in [0.1, 0.15) is 17.9 Å². The molecule has 4 N–H and O–H groups in total. The van der Waals surface area contributed by atoms with Crippen molar-refractivity contribution in [1.82, 2.24) is 19.9 Å². The van der Waals surface area contributed by atoms with Crippen molar-refractivity contribution in [3.63, 3.8) is 0 Å². The van der Waals surface area contributed by atoms with Crippen molar-refractivity contribution in [2.24, 2.45) is 0 Å². The maximum absolute atomic E-state index is 10.8. The van der Waals surface area contributed by atoms with Gasteiger partial charge in [0.25, 0.3) is 0 Å². The summed E-state index contributed by atoms with van der Waals surface area (Å²) in [5.41, 5.74) is 9.81. The predicted octanol–water partition coefficient (Wildman–Crippen LogP) is 3.24. The van der Waals surface area contributed by atoms with E-state index >= 15 is 0 Å². The second-order valence-corrected chi connectivity index (χ2v) is 7.59. The van der Waals surface area contributed by atoms with Crippen LogP contribution in [0.3, 0.4) is 0 Å². The van der Waals surface area contributed by atoms with Gasteiger partial charge in [-0.2, -0.15) is 0 Å². The van der Waals surface area contributed by atoms with Gasteiger partial charge in [-0.05, 0) is 31.5 Å². The summed E-state index contributed by atoms with van der Waals surface area (Å²) in [5, 5.41) is 15.2. The van der Waals surface area contributed by atoms with Gasteiger partial charge in [-0.3, -0.25) is 0 Å². The number of imidazole rings is 1. The highest BCUT2D eigenvalue weighted by molar-refractivity contribution is 6.06. The van der Waals surface area contributed by atoms with E-state index in [2.05, 4.69) is 22.4 Å². The first kappa shape index (κ1) is 21.2. The minimum absolute atomic E-state index is 0.359. The number of aliphatic hydroxyl groups is 1. The number of hydrogen-bond donors (Lipinski definition) is 3. The molecule has 0 bridgehead atoms. The van der Waals surface area contributed by atoms with Gasteiger partial charge in [-0.1, -0.05) is 48.5 Å². The van der Waals surface area contributed by atoms with E-state index in [9.17, 15) is 5.11 Å². The number of fused-ring (bicyclic) bond motifs is 3. The Hall–Kier alpha value is -3.00. The third-order valence-corrected chi connectivity index (χ3v) is 5.34. The molecule has 0 aliphatic heterocycles. The molecule has 4 aromatic rings. The lowest BCUT2D eigenvalue weighted by Crippen LogP contribution is -2.24. The molecule has 0 saturated heterocycles. The molecule has 7 nitrogen and oxygen atoms in total. The summed E-state index contributed by atoms with van der Waals surface area (Å²) in [4.78, 5) is 9.21. The van der Waals surface area contributed by atoms with Crippen LogP contribution in [0.25, 0.3) is 21.9 Å². The van der Waals surface area contributed by atoms with Crippen LogP contribution in [0.15, 0.2) is 54.6 Å². The molecule has 162 valence electrons. The van der Waals surface area contributed by atoms with Crippen LogP contribution >= 0.6 is 0 Å². The van der Waals surface area contributed by atoms with E-state index < -0.39 is 6.10 Å². The first-order chi connectivity index (χ1) is 15.2. The van der Waals surface area contributed by atoms with Gasteiger partial charge in [0.2, 0.25) is 0 Å². The maximum atomic E-state index is 10.8. The molecule has 2 heterocycles. The lowest BCUT2D eigenvalue weighted by Gasteiger charge is -2.16. The molecule has 4 rings (SSSR count). The van der Waals surface area contributed by atoms with Crippen molar-refractivity contribution in [3.05, 3.63) is 66.0 Å². The molecule has 31 heavy (non-hydrogen) atoms. The van der Waals surface area contributed by atoms with Gasteiger partial charge in [-0.25, -0.2) is 9.97 Å². The summed E-state index contributed by atoms with van der Waals surface area (Å²) in [5.74, 6) is 1.14. The lowest BCUT2D eigenvalue weighted by molar-refractivity contribution is 0.116. The second kappa shape index (κ2) is 9.87. The summed E-state index contributed by atoms with van der Waals surface area (Å²) < 4.78 is 7.67. The predicted molar refractivity (Wildman–Crippen MR) is 124 cm³/mol. The van der Waals surface area contributed by atoms with E-state index in [0.29, 0.717) is 44.1 Å². The Morgan fingerprint density at radius 1 is 1.10 bits per heavy atom. The van der Waals surface area contributed by atoms with Crippen LogP contribution in [-0.2, 0) is 24.4 Å². The number of nitrogens with two attached hydrogens (primary N) is 1. The Balaban J connectivity index is 1.54. The Bertz CT molecular complexity index is 1140. The van der Waals surface area contributed by atoms with Crippen molar-refractivity contribution >= 4 is 27.8 Å².